The molecule has 0 unspecified atom stereocenters. The van der Waals surface area contributed by atoms with Gasteiger partial charge in [0.2, 0.25) is 11.8 Å². The van der Waals surface area contributed by atoms with Crippen LogP contribution in [0.3, 0.4) is 0 Å². The Kier molecular flexibility index (Phi) is 18.5. The monoisotopic (exact) mass is 934 g/mol. The Balaban J connectivity index is 1.73. The van der Waals surface area contributed by atoms with Crippen LogP contribution in [0.4, 0.5) is 4.79 Å². The van der Waals surface area contributed by atoms with Crippen LogP contribution in [0.1, 0.15) is 91.0 Å². The molecule has 0 heterocycles. The lowest BCUT2D eigenvalue weighted by Crippen LogP contribution is -2.61. The second-order valence-corrected chi connectivity index (χ2v) is 33.3. The van der Waals surface area contributed by atoms with E-state index in [-0.39, 0.29) is 48.0 Å². The first-order chi connectivity index (χ1) is 30.7. The Hall–Kier alpha value is -5.34. The van der Waals surface area contributed by atoms with Crippen molar-refractivity contribution in [1.29, 1.82) is 0 Å². The molecule has 4 aromatic carbocycles. The van der Waals surface area contributed by atoms with Crippen LogP contribution >= 0.6 is 0 Å². The Morgan fingerprint density at radius 1 is 0.500 bits per heavy atom. The Morgan fingerprint density at radius 3 is 1.27 bits per heavy atom. The van der Waals surface area contributed by atoms with Crippen molar-refractivity contribution in [2.24, 2.45) is 5.92 Å². The molecule has 4 rings (SSSR count). The minimum atomic E-state index is -2.93. The van der Waals surface area contributed by atoms with E-state index < -0.39 is 69.9 Å². The van der Waals surface area contributed by atoms with Crippen molar-refractivity contribution in [1.82, 2.24) is 16.0 Å². The fraction of sp³-hybridized carbons (Fsp3) is 0.463. The van der Waals surface area contributed by atoms with E-state index in [4.69, 9.17) is 9.16 Å². The number of carbonyl (C=O) groups excluding carboxylic acids is 5. The lowest BCUT2D eigenvalue weighted by Gasteiger charge is -2.52. The summed E-state index contributed by atoms with van der Waals surface area (Å²) < 4.78 is 12.5. The van der Waals surface area contributed by atoms with Crippen molar-refractivity contribution in [2.45, 2.75) is 154 Å². The van der Waals surface area contributed by atoms with Crippen molar-refractivity contribution in [3.8, 4) is 0 Å². The van der Waals surface area contributed by atoms with E-state index >= 15 is 0 Å². The molecule has 0 bridgehead atoms. The summed E-state index contributed by atoms with van der Waals surface area (Å²) in [5.74, 6) is -2.80. The van der Waals surface area contributed by atoms with Crippen LogP contribution in [0.2, 0.25) is 35.4 Å². The highest BCUT2D eigenvalue weighted by molar-refractivity contribution is 6.96. The first kappa shape index (κ1) is 53.3. The molecule has 12 heteroatoms. The second kappa shape index (κ2) is 22.9. The number of amides is 3. The fourth-order valence-corrected chi connectivity index (χ4v) is 22.6. The van der Waals surface area contributed by atoms with Crippen LogP contribution < -0.4 is 16.0 Å². The molecule has 4 atom stereocenters. The number of Topliss-reactive ketones (excluding diaryl/α,β-unsaturated/α-hetero) is 1. The SMILES string of the molecule is CC(C)(C)OC(=O)N[C@@H](Cc1ccccc1)C(=O)N[C@@H](Cc1ccccc1)C(=O)C[C@@H](Cc1ccccc1)C(=O)N[C@@H](Cc1ccccc1)C(=O)O[Si](C[Si](C)(C)C)(C(C)(C)C)C(C)(C)C. The molecule has 0 fully saturated rings. The summed E-state index contributed by atoms with van der Waals surface area (Å²) in [7, 11) is -4.73. The van der Waals surface area contributed by atoms with Crippen molar-refractivity contribution in [3.63, 3.8) is 0 Å². The summed E-state index contributed by atoms with van der Waals surface area (Å²) in [6.07, 6.45) is -0.328. The Labute approximate surface area is 396 Å². The van der Waals surface area contributed by atoms with E-state index in [9.17, 15) is 24.0 Å². The molecule has 356 valence electrons. The molecular formula is C54H75N3O7Si2. The molecule has 0 aliphatic carbocycles. The predicted octanol–water partition coefficient (Wildman–Crippen LogP) is 10.4. The molecule has 3 N–H and O–H groups in total. The third-order valence-corrected chi connectivity index (χ3v) is 23.4. The van der Waals surface area contributed by atoms with E-state index in [1.54, 1.807) is 20.8 Å². The molecule has 4 aromatic rings. The van der Waals surface area contributed by atoms with Gasteiger partial charge in [0.1, 0.15) is 17.7 Å². The molecule has 0 radical (unpaired) electrons. The topological polar surface area (TPSA) is 140 Å². The zero-order valence-electron chi connectivity index (χ0n) is 41.5. The largest absolute Gasteiger partial charge is 0.517 e. The third kappa shape index (κ3) is 16.5. The number of hydrogen-bond acceptors (Lipinski definition) is 7. The van der Waals surface area contributed by atoms with E-state index in [2.05, 4.69) is 77.1 Å². The molecule has 66 heavy (non-hydrogen) atoms. The van der Waals surface area contributed by atoms with E-state index in [1.165, 1.54) is 0 Å². The number of benzene rings is 4. The highest BCUT2D eigenvalue weighted by Crippen LogP contribution is 2.55. The van der Waals surface area contributed by atoms with Gasteiger partial charge in [0, 0.05) is 33.3 Å². The fourth-order valence-electron chi connectivity index (χ4n) is 8.74. The summed E-state index contributed by atoms with van der Waals surface area (Å²) in [5, 5.41) is 8.19. The van der Waals surface area contributed by atoms with Gasteiger partial charge in [-0.25, -0.2) is 4.79 Å². The van der Waals surface area contributed by atoms with Gasteiger partial charge in [-0.1, -0.05) is 183 Å². The van der Waals surface area contributed by atoms with Gasteiger partial charge in [-0.05, 0) is 71.6 Å². The van der Waals surface area contributed by atoms with Gasteiger partial charge in [0.05, 0.1) is 6.04 Å². The smallest absolute Gasteiger partial charge is 0.408 e. The van der Waals surface area contributed by atoms with Crippen LogP contribution in [0.25, 0.3) is 0 Å². The van der Waals surface area contributed by atoms with Crippen LogP contribution in [0.15, 0.2) is 121 Å². The maximum Gasteiger partial charge on any atom is 0.408 e. The van der Waals surface area contributed by atoms with Gasteiger partial charge in [-0.2, -0.15) is 0 Å². The molecule has 0 saturated carbocycles. The van der Waals surface area contributed by atoms with Gasteiger partial charge in [-0.3, -0.25) is 19.2 Å². The van der Waals surface area contributed by atoms with Crippen molar-refractivity contribution in [3.05, 3.63) is 144 Å². The number of hydrogen-bond donors (Lipinski definition) is 3. The highest BCUT2D eigenvalue weighted by Gasteiger charge is 2.59. The second-order valence-electron chi connectivity index (χ2n) is 21.9. The molecular weight excluding hydrogens is 859 g/mol. The minimum Gasteiger partial charge on any atom is -0.517 e. The molecule has 0 aliphatic rings. The van der Waals surface area contributed by atoms with E-state index in [0.717, 1.165) is 27.9 Å². The molecule has 0 aliphatic heterocycles. The molecule has 0 spiro atoms. The minimum absolute atomic E-state index is 0.141. The van der Waals surface area contributed by atoms with Gasteiger partial charge < -0.3 is 25.1 Å². The maximum atomic E-state index is 14.9. The molecule has 3 amide bonds. The van der Waals surface area contributed by atoms with E-state index in [0.29, 0.717) is 0 Å². The quantitative estimate of drug-likeness (QED) is 0.0750. The van der Waals surface area contributed by atoms with Gasteiger partial charge in [0.25, 0.3) is 8.32 Å². The van der Waals surface area contributed by atoms with Gasteiger partial charge >= 0.3 is 12.1 Å². The highest BCUT2D eigenvalue weighted by atomic mass is 28.4. The van der Waals surface area contributed by atoms with Gasteiger partial charge in [-0.15, -0.1) is 0 Å². The van der Waals surface area contributed by atoms with Gasteiger partial charge in [0.15, 0.2) is 5.78 Å². The average molecular weight is 934 g/mol. The van der Waals surface area contributed by atoms with Crippen LogP contribution in [-0.4, -0.2) is 69.8 Å². The van der Waals surface area contributed by atoms with Crippen molar-refractivity contribution < 1.29 is 33.1 Å². The van der Waals surface area contributed by atoms with Crippen molar-refractivity contribution in [2.75, 3.05) is 0 Å². The summed E-state index contributed by atoms with van der Waals surface area (Å²) in [5.41, 5.74) is 3.33. The van der Waals surface area contributed by atoms with Crippen molar-refractivity contribution >= 4 is 46.1 Å². The number of nitrogens with one attached hydrogen (secondary N) is 3. The Bertz CT molecular complexity index is 2180. The molecule has 0 aromatic heterocycles. The first-order valence-electron chi connectivity index (χ1n) is 23.3. The third-order valence-electron chi connectivity index (χ3n) is 11.8. The number of ether oxygens (including phenoxy) is 1. The summed E-state index contributed by atoms with van der Waals surface area (Å²) in [6.45, 7) is 25.2. The van der Waals surface area contributed by atoms with Crippen LogP contribution in [-0.2, 0) is 54.0 Å². The number of rotatable bonds is 20. The number of alkyl carbamates (subject to hydrolysis) is 1. The zero-order chi connectivity index (χ0) is 48.9. The van der Waals surface area contributed by atoms with Crippen LogP contribution in [0.5, 0.6) is 0 Å². The Morgan fingerprint density at radius 2 is 0.879 bits per heavy atom. The zero-order valence-corrected chi connectivity index (χ0v) is 43.5. The lowest BCUT2D eigenvalue weighted by molar-refractivity contribution is -0.141. The van der Waals surface area contributed by atoms with E-state index in [1.807, 2.05) is 121 Å². The summed E-state index contributed by atoms with van der Waals surface area (Å²) in [6, 6.07) is 34.5. The first-order valence-corrected chi connectivity index (χ1v) is 29.1. The number of carbonyl (C=O) groups is 5. The summed E-state index contributed by atoms with van der Waals surface area (Å²) >= 11 is 0. The predicted molar refractivity (Wildman–Crippen MR) is 270 cm³/mol. The lowest BCUT2D eigenvalue weighted by atomic mass is 9.89. The maximum absolute atomic E-state index is 14.9. The number of ketones is 1. The molecule has 0 saturated heterocycles. The normalized spacial score (nSPS) is 14.2. The molecule has 10 nitrogen and oxygen atoms in total. The van der Waals surface area contributed by atoms with Crippen LogP contribution in [0, 0.1) is 5.92 Å². The summed E-state index contributed by atoms with van der Waals surface area (Å²) in [4.78, 5) is 72.1. The average Bonchev–Trinajstić information content (AvgIpc) is 3.22. The standard InChI is InChI=1S/C54H75N3O7Si2/c1-52(2,3)63-51(62)57-45(35-41-29-21-15-22-30-41)49(60)55-44(34-40-27-19-14-20-28-40)47(58)37-43(33-39-25-17-13-18-26-39)48(59)56-46(36-42-31-23-16-24-32-42)50(61)64-66(53(4,5)6,54(7,8)9)38-65(10,11)12/h13-32,43-46H,33-38H2,1-12H3,(H,55,60)(H,56,59)(H,57,62)/t43-,44+,45+,46+/m1/s1.